The van der Waals surface area contributed by atoms with E-state index in [1.807, 2.05) is 6.07 Å². The molecule has 5 heteroatoms. The SMILES string of the molecule is N#CCNCC1=NC2=C(COCC2)C(=O)C1. The van der Waals surface area contributed by atoms with E-state index in [2.05, 4.69) is 10.3 Å². The molecule has 0 fully saturated rings. The average Bonchev–Trinajstić information content (AvgIpc) is 2.30. The third kappa shape index (κ3) is 2.35. The largest absolute Gasteiger partial charge is 0.376 e. The summed E-state index contributed by atoms with van der Waals surface area (Å²) in [7, 11) is 0. The molecule has 0 spiro atoms. The van der Waals surface area contributed by atoms with Crippen LogP contribution in [0.3, 0.4) is 0 Å². The van der Waals surface area contributed by atoms with Crippen LogP contribution in [0.25, 0.3) is 0 Å². The lowest BCUT2D eigenvalue weighted by molar-refractivity contribution is -0.115. The first-order chi connectivity index (χ1) is 7.81. The molecule has 5 nitrogen and oxygen atoms in total. The topological polar surface area (TPSA) is 74.5 Å². The predicted octanol–water partition coefficient (Wildman–Crippen LogP) is 0.188. The maximum absolute atomic E-state index is 11.8. The van der Waals surface area contributed by atoms with E-state index in [1.54, 1.807) is 0 Å². The summed E-state index contributed by atoms with van der Waals surface area (Å²) in [6, 6.07) is 1.99. The molecule has 0 saturated carbocycles. The van der Waals surface area contributed by atoms with Gasteiger partial charge in [-0.2, -0.15) is 5.26 Å². The molecule has 0 radical (unpaired) electrons. The molecule has 2 heterocycles. The molecule has 0 atom stereocenters. The van der Waals surface area contributed by atoms with Crippen LogP contribution >= 0.6 is 0 Å². The molecule has 2 rings (SSSR count). The van der Waals surface area contributed by atoms with Crippen molar-refractivity contribution in [3.63, 3.8) is 0 Å². The third-order valence-corrected chi connectivity index (χ3v) is 2.61. The molecular formula is C11H13N3O2. The molecular weight excluding hydrogens is 206 g/mol. The highest BCUT2D eigenvalue weighted by Crippen LogP contribution is 2.23. The summed E-state index contributed by atoms with van der Waals surface area (Å²) in [5.41, 5.74) is 2.42. The van der Waals surface area contributed by atoms with E-state index in [-0.39, 0.29) is 12.3 Å². The summed E-state index contributed by atoms with van der Waals surface area (Å²) in [6.45, 7) is 1.82. The van der Waals surface area contributed by atoms with Crippen molar-refractivity contribution in [1.29, 1.82) is 5.26 Å². The highest BCUT2D eigenvalue weighted by atomic mass is 16.5. The van der Waals surface area contributed by atoms with Gasteiger partial charge in [-0.25, -0.2) is 0 Å². The van der Waals surface area contributed by atoms with E-state index in [9.17, 15) is 4.79 Å². The summed E-state index contributed by atoms with van der Waals surface area (Å²) in [6.07, 6.45) is 1.06. The number of Topliss-reactive ketones (excluding diaryl/α,β-unsaturated/α-hetero) is 1. The normalized spacial score (nSPS) is 20.2. The zero-order valence-electron chi connectivity index (χ0n) is 8.95. The van der Waals surface area contributed by atoms with E-state index in [1.165, 1.54) is 0 Å². The minimum Gasteiger partial charge on any atom is -0.376 e. The minimum absolute atomic E-state index is 0.110. The lowest BCUT2D eigenvalue weighted by Crippen LogP contribution is -2.30. The van der Waals surface area contributed by atoms with Gasteiger partial charge in [-0.3, -0.25) is 15.1 Å². The Hall–Kier alpha value is -1.51. The van der Waals surface area contributed by atoms with E-state index in [4.69, 9.17) is 10.00 Å². The minimum atomic E-state index is 0.110. The van der Waals surface area contributed by atoms with Crippen molar-refractivity contribution in [2.45, 2.75) is 12.8 Å². The summed E-state index contributed by atoms with van der Waals surface area (Å²) >= 11 is 0. The molecule has 2 aliphatic heterocycles. The lowest BCUT2D eigenvalue weighted by Gasteiger charge is -2.22. The number of hydrogen-bond donors (Lipinski definition) is 1. The zero-order chi connectivity index (χ0) is 11.4. The van der Waals surface area contributed by atoms with Crippen molar-refractivity contribution in [1.82, 2.24) is 5.32 Å². The quantitative estimate of drug-likeness (QED) is 0.543. The van der Waals surface area contributed by atoms with Gasteiger partial charge in [-0.15, -0.1) is 0 Å². The molecule has 0 aromatic heterocycles. The van der Waals surface area contributed by atoms with Crippen LogP contribution in [0.15, 0.2) is 16.3 Å². The van der Waals surface area contributed by atoms with Gasteiger partial charge in [0, 0.05) is 24.3 Å². The molecule has 0 aromatic rings. The molecule has 0 saturated heterocycles. The van der Waals surface area contributed by atoms with Crippen molar-refractivity contribution in [2.75, 3.05) is 26.3 Å². The number of nitrogens with zero attached hydrogens (tertiary/aromatic N) is 2. The van der Waals surface area contributed by atoms with Crippen LogP contribution in [0.5, 0.6) is 0 Å². The van der Waals surface area contributed by atoms with Gasteiger partial charge in [0.15, 0.2) is 5.78 Å². The van der Waals surface area contributed by atoms with Crippen LogP contribution in [0.2, 0.25) is 0 Å². The summed E-state index contributed by atoms with van der Waals surface area (Å²) in [4.78, 5) is 16.2. The third-order valence-electron chi connectivity index (χ3n) is 2.61. The van der Waals surface area contributed by atoms with Crippen LogP contribution in [0, 0.1) is 11.3 Å². The second-order valence-corrected chi connectivity index (χ2v) is 3.77. The van der Waals surface area contributed by atoms with E-state index >= 15 is 0 Å². The molecule has 16 heavy (non-hydrogen) atoms. The van der Waals surface area contributed by atoms with Crippen LogP contribution < -0.4 is 5.32 Å². The number of carbonyl (C=O) groups excluding carboxylic acids is 1. The Morgan fingerprint density at radius 3 is 3.25 bits per heavy atom. The number of rotatable bonds is 3. The average molecular weight is 219 g/mol. The molecule has 2 aliphatic rings. The maximum atomic E-state index is 11.8. The van der Waals surface area contributed by atoms with Gasteiger partial charge in [0.1, 0.15) is 0 Å². The number of aliphatic imine (C=N–C) groups is 1. The molecule has 84 valence electrons. The fraction of sp³-hybridized carbons (Fsp3) is 0.545. The fourth-order valence-corrected chi connectivity index (χ4v) is 1.83. The number of nitrogens with one attached hydrogen (secondary N) is 1. The number of ketones is 1. The summed E-state index contributed by atoms with van der Waals surface area (Å²) < 4.78 is 5.24. The van der Waals surface area contributed by atoms with Crippen molar-refractivity contribution < 1.29 is 9.53 Å². The number of ether oxygens (including phenoxy) is 1. The van der Waals surface area contributed by atoms with Crippen molar-refractivity contribution >= 4 is 11.5 Å². The monoisotopic (exact) mass is 219 g/mol. The number of hydrogen-bond acceptors (Lipinski definition) is 5. The second-order valence-electron chi connectivity index (χ2n) is 3.77. The van der Waals surface area contributed by atoms with Crippen LogP contribution in [0.1, 0.15) is 12.8 Å². The van der Waals surface area contributed by atoms with Gasteiger partial charge in [-0.1, -0.05) is 0 Å². The highest BCUT2D eigenvalue weighted by molar-refractivity contribution is 6.13. The van der Waals surface area contributed by atoms with Gasteiger partial charge in [0.05, 0.1) is 37.9 Å². The molecule has 0 bridgehead atoms. The molecule has 0 amide bonds. The molecule has 1 N–H and O–H groups in total. The predicted molar refractivity (Wildman–Crippen MR) is 58.0 cm³/mol. The summed E-state index contributed by atoms with van der Waals surface area (Å²) in [5.74, 6) is 0.110. The Kier molecular flexibility index (Phi) is 3.44. The molecule has 0 unspecified atom stereocenters. The van der Waals surface area contributed by atoms with Gasteiger partial charge in [-0.05, 0) is 0 Å². The number of nitriles is 1. The number of carbonyl (C=O) groups is 1. The Bertz CT molecular complexity index is 404. The molecule has 0 aliphatic carbocycles. The fourth-order valence-electron chi connectivity index (χ4n) is 1.83. The maximum Gasteiger partial charge on any atom is 0.168 e. The molecule has 0 aromatic carbocycles. The highest BCUT2D eigenvalue weighted by Gasteiger charge is 2.24. The Morgan fingerprint density at radius 1 is 1.56 bits per heavy atom. The van der Waals surface area contributed by atoms with Crippen LogP contribution in [-0.2, 0) is 9.53 Å². The summed E-state index contributed by atoms with van der Waals surface area (Å²) in [5, 5.41) is 11.3. The first-order valence-corrected chi connectivity index (χ1v) is 5.28. The smallest absolute Gasteiger partial charge is 0.168 e. The van der Waals surface area contributed by atoms with E-state index in [0.717, 1.165) is 17.0 Å². The van der Waals surface area contributed by atoms with E-state index in [0.29, 0.717) is 32.6 Å². The van der Waals surface area contributed by atoms with E-state index < -0.39 is 0 Å². The van der Waals surface area contributed by atoms with Gasteiger partial charge < -0.3 is 4.74 Å². The van der Waals surface area contributed by atoms with Gasteiger partial charge in [0.25, 0.3) is 0 Å². The zero-order valence-corrected chi connectivity index (χ0v) is 8.95. The Balaban J connectivity index is 2.06. The first kappa shape index (κ1) is 11.0. The van der Waals surface area contributed by atoms with Gasteiger partial charge in [0.2, 0.25) is 0 Å². The standard InChI is InChI=1S/C11H13N3O2/c12-2-3-13-6-8-5-11(15)9-7-16-4-1-10(9)14-8/h13H,1,3-7H2. The second kappa shape index (κ2) is 5.01. The van der Waals surface area contributed by atoms with Crippen LogP contribution in [-0.4, -0.2) is 37.8 Å². The Labute approximate surface area is 93.8 Å². The van der Waals surface area contributed by atoms with Gasteiger partial charge >= 0.3 is 0 Å². The van der Waals surface area contributed by atoms with Crippen molar-refractivity contribution in [3.05, 3.63) is 11.3 Å². The Morgan fingerprint density at radius 2 is 2.44 bits per heavy atom. The lowest BCUT2D eigenvalue weighted by atomic mass is 9.98. The van der Waals surface area contributed by atoms with Crippen molar-refractivity contribution in [3.8, 4) is 6.07 Å². The first-order valence-electron chi connectivity index (χ1n) is 5.28. The van der Waals surface area contributed by atoms with Crippen molar-refractivity contribution in [2.24, 2.45) is 4.99 Å². The van der Waals surface area contributed by atoms with Crippen LogP contribution in [0.4, 0.5) is 0 Å².